The summed E-state index contributed by atoms with van der Waals surface area (Å²) in [6, 6.07) is 11.3. The number of carbonyl (C=O) groups excluding carboxylic acids is 1. The van der Waals surface area contributed by atoms with Gasteiger partial charge in [0.25, 0.3) is 0 Å². The maximum atomic E-state index is 11.6. The topological polar surface area (TPSA) is 69.1 Å². The summed E-state index contributed by atoms with van der Waals surface area (Å²) < 4.78 is 0. The molecule has 0 bridgehead atoms. The highest BCUT2D eigenvalue weighted by molar-refractivity contribution is 6.01. The number of hydrogen-bond donors (Lipinski definition) is 2. The van der Waals surface area contributed by atoms with E-state index in [4.69, 9.17) is 11.5 Å². The number of carbonyl (C=O) groups is 1. The van der Waals surface area contributed by atoms with Crippen LogP contribution >= 0.6 is 24.8 Å². The third kappa shape index (κ3) is 2.74. The van der Waals surface area contributed by atoms with Crippen molar-refractivity contribution in [1.82, 2.24) is 0 Å². The first-order valence-electron chi connectivity index (χ1n) is 5.96. The molecule has 5 heteroatoms. The predicted molar refractivity (Wildman–Crippen MR) is 87.9 cm³/mol. The molecule has 0 unspecified atom stereocenters. The fourth-order valence-electron chi connectivity index (χ4n) is 2.45. The summed E-state index contributed by atoms with van der Waals surface area (Å²) in [5, 5.41) is 0. The van der Waals surface area contributed by atoms with Crippen LogP contribution in [0.1, 0.15) is 22.3 Å². The molecule has 0 heterocycles. The van der Waals surface area contributed by atoms with Gasteiger partial charge in [-0.1, -0.05) is 18.2 Å². The maximum Gasteiger partial charge on any atom is 0.163 e. The fraction of sp³-hybridized carbons (Fsp3) is 0.133. The van der Waals surface area contributed by atoms with Crippen LogP contribution in [0.15, 0.2) is 36.4 Å². The van der Waals surface area contributed by atoms with Crippen molar-refractivity contribution in [2.45, 2.75) is 12.8 Å². The second-order valence-corrected chi connectivity index (χ2v) is 4.64. The van der Waals surface area contributed by atoms with Crippen LogP contribution in [0.25, 0.3) is 11.1 Å². The average molecular weight is 311 g/mol. The summed E-state index contributed by atoms with van der Waals surface area (Å²) in [5.74, 6) is 0.233. The third-order valence-corrected chi connectivity index (χ3v) is 3.42. The van der Waals surface area contributed by atoms with E-state index >= 15 is 0 Å². The molecule has 1 aliphatic rings. The summed E-state index contributed by atoms with van der Waals surface area (Å²) in [6.07, 6.45) is 1.44. The lowest BCUT2D eigenvalue weighted by molar-refractivity contribution is 0.0994. The van der Waals surface area contributed by atoms with E-state index in [1.807, 2.05) is 30.3 Å². The molecule has 0 aliphatic heterocycles. The fourth-order valence-corrected chi connectivity index (χ4v) is 2.45. The molecule has 0 amide bonds. The Morgan fingerprint density at radius 3 is 2.35 bits per heavy atom. The van der Waals surface area contributed by atoms with Crippen LogP contribution in [0.4, 0.5) is 11.4 Å². The third-order valence-electron chi connectivity index (χ3n) is 3.42. The monoisotopic (exact) mass is 310 g/mol. The summed E-state index contributed by atoms with van der Waals surface area (Å²) >= 11 is 0. The van der Waals surface area contributed by atoms with E-state index in [2.05, 4.69) is 0 Å². The van der Waals surface area contributed by atoms with Gasteiger partial charge in [-0.15, -0.1) is 24.8 Å². The molecule has 106 valence electrons. The number of fused-ring (bicyclic) bond motifs is 1. The molecule has 20 heavy (non-hydrogen) atoms. The van der Waals surface area contributed by atoms with Gasteiger partial charge in [0.15, 0.2) is 5.78 Å². The lowest BCUT2D eigenvalue weighted by atomic mass is 9.99. The number of Topliss-reactive ketones (excluding diaryl/α,β-unsaturated/α-hetero) is 1. The first-order chi connectivity index (χ1) is 8.65. The lowest BCUT2D eigenvalue weighted by Gasteiger charge is -2.08. The number of rotatable bonds is 1. The molecule has 0 radical (unpaired) electrons. The lowest BCUT2D eigenvalue weighted by Crippen LogP contribution is -1.95. The molecule has 0 saturated carbocycles. The van der Waals surface area contributed by atoms with Crippen LogP contribution in [0.5, 0.6) is 0 Å². The van der Waals surface area contributed by atoms with Gasteiger partial charge in [-0.2, -0.15) is 0 Å². The highest BCUT2D eigenvalue weighted by atomic mass is 35.5. The van der Waals surface area contributed by atoms with E-state index in [-0.39, 0.29) is 30.6 Å². The van der Waals surface area contributed by atoms with Gasteiger partial charge in [0.05, 0.1) is 0 Å². The van der Waals surface area contributed by atoms with Crippen LogP contribution in [0.2, 0.25) is 0 Å². The van der Waals surface area contributed by atoms with Crippen molar-refractivity contribution in [3.8, 4) is 11.1 Å². The van der Waals surface area contributed by atoms with Crippen LogP contribution in [-0.4, -0.2) is 5.78 Å². The molecule has 0 saturated heterocycles. The van der Waals surface area contributed by atoms with Gasteiger partial charge in [0, 0.05) is 28.9 Å². The van der Waals surface area contributed by atoms with Gasteiger partial charge in [-0.3, -0.25) is 4.79 Å². The largest absolute Gasteiger partial charge is 0.399 e. The minimum Gasteiger partial charge on any atom is -0.399 e. The van der Waals surface area contributed by atoms with Crippen molar-refractivity contribution in [2.24, 2.45) is 0 Å². The number of benzene rings is 2. The molecule has 0 aromatic heterocycles. The normalized spacial score (nSPS) is 12.3. The smallest absolute Gasteiger partial charge is 0.163 e. The van der Waals surface area contributed by atoms with Gasteiger partial charge in [0.2, 0.25) is 0 Å². The molecule has 4 N–H and O–H groups in total. The highest BCUT2D eigenvalue weighted by Gasteiger charge is 2.19. The Labute approximate surface area is 130 Å². The number of aryl methyl sites for hydroxylation is 1. The molecule has 0 fully saturated rings. The minimum atomic E-state index is 0. The molecule has 3 rings (SSSR count). The van der Waals surface area contributed by atoms with Crippen LogP contribution in [-0.2, 0) is 6.42 Å². The van der Waals surface area contributed by atoms with E-state index in [0.717, 1.165) is 28.7 Å². The van der Waals surface area contributed by atoms with E-state index in [1.165, 1.54) is 0 Å². The van der Waals surface area contributed by atoms with E-state index in [9.17, 15) is 4.79 Å². The van der Waals surface area contributed by atoms with Gasteiger partial charge < -0.3 is 11.5 Å². The van der Waals surface area contributed by atoms with Crippen LogP contribution in [0, 0.1) is 0 Å². The SMILES string of the molecule is Cl.Cl.Nc1ccc(N)c(-c2ccc3c(c2)CCC3=O)c1. The Hall–Kier alpha value is -1.71. The second kappa shape index (κ2) is 6.16. The number of anilines is 2. The van der Waals surface area contributed by atoms with E-state index in [0.29, 0.717) is 17.8 Å². The van der Waals surface area contributed by atoms with Crippen LogP contribution in [0.3, 0.4) is 0 Å². The zero-order valence-electron chi connectivity index (χ0n) is 10.8. The number of nitrogen functional groups attached to an aromatic ring is 2. The minimum absolute atomic E-state index is 0. The number of hydrogen-bond acceptors (Lipinski definition) is 3. The summed E-state index contributed by atoms with van der Waals surface area (Å²) in [5.41, 5.74) is 17.1. The first kappa shape index (κ1) is 16.3. The standard InChI is InChI=1S/C15H14N2O.2ClH/c16-11-3-5-14(17)13(8-11)10-1-4-12-9(7-10)2-6-15(12)18;;/h1,3-5,7-8H,2,6,16-17H2;2*1H. The van der Waals surface area contributed by atoms with Gasteiger partial charge >= 0.3 is 0 Å². The van der Waals surface area contributed by atoms with Gasteiger partial charge in [-0.25, -0.2) is 0 Å². The van der Waals surface area contributed by atoms with Gasteiger partial charge in [-0.05, 0) is 35.7 Å². The van der Waals surface area contributed by atoms with Crippen molar-refractivity contribution in [2.75, 3.05) is 11.5 Å². The van der Waals surface area contributed by atoms with Gasteiger partial charge in [0.1, 0.15) is 0 Å². The van der Waals surface area contributed by atoms with Crippen molar-refractivity contribution in [3.63, 3.8) is 0 Å². The quantitative estimate of drug-likeness (QED) is 0.792. The van der Waals surface area contributed by atoms with Crippen molar-refractivity contribution in [1.29, 1.82) is 0 Å². The molecular weight excluding hydrogens is 295 g/mol. The molecule has 0 spiro atoms. The van der Waals surface area contributed by atoms with Crippen LogP contribution < -0.4 is 11.5 Å². The summed E-state index contributed by atoms with van der Waals surface area (Å²) in [6.45, 7) is 0. The summed E-state index contributed by atoms with van der Waals surface area (Å²) in [4.78, 5) is 11.6. The molecule has 0 atom stereocenters. The van der Waals surface area contributed by atoms with E-state index < -0.39 is 0 Å². The Morgan fingerprint density at radius 2 is 1.60 bits per heavy atom. The maximum absolute atomic E-state index is 11.6. The first-order valence-corrected chi connectivity index (χ1v) is 5.96. The molecular formula is C15H16Cl2N2O. The zero-order chi connectivity index (χ0) is 12.7. The van der Waals surface area contributed by atoms with E-state index in [1.54, 1.807) is 6.07 Å². The molecule has 2 aromatic carbocycles. The molecule has 1 aliphatic carbocycles. The Balaban J connectivity index is 0.000001000. The molecule has 2 aromatic rings. The van der Waals surface area contributed by atoms with Crippen molar-refractivity contribution >= 4 is 42.0 Å². The Kier molecular flexibility index (Phi) is 5.03. The predicted octanol–water partition coefficient (Wildman–Crippen LogP) is 3.49. The van der Waals surface area contributed by atoms with Crippen molar-refractivity contribution in [3.05, 3.63) is 47.5 Å². The highest BCUT2D eigenvalue weighted by Crippen LogP contribution is 2.32. The zero-order valence-corrected chi connectivity index (χ0v) is 12.4. The summed E-state index contributed by atoms with van der Waals surface area (Å²) in [7, 11) is 0. The number of halogens is 2. The number of nitrogens with two attached hydrogens (primary N) is 2. The Morgan fingerprint density at radius 1 is 0.850 bits per heavy atom. The number of ketones is 1. The molecule has 3 nitrogen and oxygen atoms in total. The Bertz CT molecular complexity index is 656. The van der Waals surface area contributed by atoms with Crippen molar-refractivity contribution < 1.29 is 4.79 Å². The average Bonchev–Trinajstić information content (AvgIpc) is 2.74. The second-order valence-electron chi connectivity index (χ2n) is 4.64.